The molecule has 0 spiro atoms. The maximum absolute atomic E-state index is 12.8. The third-order valence-electron chi connectivity index (χ3n) is 3.75. The van der Waals surface area contributed by atoms with Gasteiger partial charge in [-0.1, -0.05) is 6.92 Å². The van der Waals surface area contributed by atoms with Gasteiger partial charge in [0.05, 0.1) is 0 Å². The molecule has 106 valence electrons. The Bertz CT molecular complexity index is 545. The van der Waals surface area contributed by atoms with Gasteiger partial charge in [0.25, 0.3) is 0 Å². The fraction of sp³-hybridized carbons (Fsp3) is 0.615. The summed E-state index contributed by atoms with van der Waals surface area (Å²) in [6, 6.07) is 3.44. The maximum atomic E-state index is 12.8. The molecule has 5 nitrogen and oxygen atoms in total. The zero-order chi connectivity index (χ0) is 14.0. The van der Waals surface area contributed by atoms with Crippen molar-refractivity contribution in [3.63, 3.8) is 0 Å². The molecule has 0 amide bonds. The Kier molecular flexibility index (Phi) is 4.10. The number of sulfonamides is 1. The van der Waals surface area contributed by atoms with Crippen molar-refractivity contribution < 1.29 is 8.42 Å². The van der Waals surface area contributed by atoms with Gasteiger partial charge in [-0.2, -0.15) is 4.31 Å². The van der Waals surface area contributed by atoms with E-state index in [1.807, 2.05) is 13.8 Å². The van der Waals surface area contributed by atoms with Crippen molar-refractivity contribution in [2.45, 2.75) is 50.1 Å². The summed E-state index contributed by atoms with van der Waals surface area (Å²) in [6.07, 6.45) is 4.30. The summed E-state index contributed by atoms with van der Waals surface area (Å²) in [5.41, 5.74) is 0. The van der Waals surface area contributed by atoms with Gasteiger partial charge in [-0.15, -0.1) is 0 Å². The highest BCUT2D eigenvalue weighted by molar-refractivity contribution is 7.89. The van der Waals surface area contributed by atoms with E-state index in [-0.39, 0.29) is 17.0 Å². The van der Waals surface area contributed by atoms with Gasteiger partial charge in [0.15, 0.2) is 0 Å². The lowest BCUT2D eigenvalue weighted by Crippen LogP contribution is -2.39. The van der Waals surface area contributed by atoms with Crippen LogP contribution in [-0.4, -0.2) is 36.8 Å². The molecule has 1 fully saturated rings. The average Bonchev–Trinajstić information content (AvgIpc) is 2.80. The fourth-order valence-electron chi connectivity index (χ4n) is 2.77. The second kappa shape index (κ2) is 5.46. The summed E-state index contributed by atoms with van der Waals surface area (Å²) < 4.78 is 27.3. The van der Waals surface area contributed by atoms with E-state index in [1.165, 1.54) is 0 Å². The lowest BCUT2D eigenvalue weighted by atomic mass is 10.2. The molecule has 0 saturated carbocycles. The van der Waals surface area contributed by atoms with Gasteiger partial charge in [0.1, 0.15) is 10.7 Å². The van der Waals surface area contributed by atoms with Gasteiger partial charge >= 0.3 is 0 Å². The Balaban J connectivity index is 2.47. The largest absolute Gasteiger partial charge is 0.372 e. The topological polar surface area (TPSA) is 62.3 Å². The van der Waals surface area contributed by atoms with Crippen molar-refractivity contribution in [1.82, 2.24) is 9.29 Å². The molecule has 1 aliphatic heterocycles. The molecule has 19 heavy (non-hydrogen) atoms. The van der Waals surface area contributed by atoms with Crippen molar-refractivity contribution in [2.24, 2.45) is 0 Å². The summed E-state index contributed by atoms with van der Waals surface area (Å²) in [5, 5.41) is 2.86. The molecule has 2 unspecified atom stereocenters. The summed E-state index contributed by atoms with van der Waals surface area (Å²) in [5.74, 6) is 0.413. The maximum Gasteiger partial charge on any atom is 0.247 e. The average molecular weight is 283 g/mol. The van der Waals surface area contributed by atoms with Gasteiger partial charge in [0, 0.05) is 25.3 Å². The van der Waals surface area contributed by atoms with Gasteiger partial charge in [-0.25, -0.2) is 13.4 Å². The van der Waals surface area contributed by atoms with Crippen molar-refractivity contribution in [1.29, 1.82) is 0 Å². The van der Waals surface area contributed by atoms with E-state index in [1.54, 1.807) is 29.7 Å². The summed E-state index contributed by atoms with van der Waals surface area (Å²) in [4.78, 5) is 4.36. The molecular formula is C13H21N3O2S. The Hall–Kier alpha value is -1.14. The van der Waals surface area contributed by atoms with Crippen LogP contribution in [-0.2, 0) is 10.0 Å². The third-order valence-corrected chi connectivity index (χ3v) is 5.84. The van der Waals surface area contributed by atoms with E-state index in [0.717, 1.165) is 19.3 Å². The molecular weight excluding hydrogens is 262 g/mol. The minimum absolute atomic E-state index is 0.0554. The summed E-state index contributed by atoms with van der Waals surface area (Å²) >= 11 is 0. The zero-order valence-corrected chi connectivity index (χ0v) is 12.4. The first-order valence-electron chi connectivity index (χ1n) is 6.68. The van der Waals surface area contributed by atoms with Crippen molar-refractivity contribution in [2.75, 3.05) is 12.4 Å². The minimum Gasteiger partial charge on any atom is -0.372 e. The highest BCUT2D eigenvalue weighted by Gasteiger charge is 2.40. The highest BCUT2D eigenvalue weighted by atomic mass is 32.2. The number of rotatable bonds is 4. The number of nitrogens with zero attached hydrogens (tertiary/aromatic N) is 2. The van der Waals surface area contributed by atoms with Crippen LogP contribution in [0.1, 0.15) is 33.1 Å². The lowest BCUT2D eigenvalue weighted by Gasteiger charge is -2.27. The summed E-state index contributed by atoms with van der Waals surface area (Å²) in [6.45, 7) is 4.01. The number of hydrogen-bond donors (Lipinski definition) is 1. The Morgan fingerprint density at radius 3 is 2.84 bits per heavy atom. The number of nitrogens with one attached hydrogen (secondary N) is 1. The van der Waals surface area contributed by atoms with Crippen LogP contribution >= 0.6 is 0 Å². The van der Waals surface area contributed by atoms with Gasteiger partial charge in [-0.3, -0.25) is 0 Å². The van der Waals surface area contributed by atoms with Gasteiger partial charge in [0.2, 0.25) is 10.0 Å². The smallest absolute Gasteiger partial charge is 0.247 e. The normalized spacial score (nSPS) is 24.6. The van der Waals surface area contributed by atoms with E-state index < -0.39 is 10.0 Å². The van der Waals surface area contributed by atoms with E-state index in [4.69, 9.17) is 0 Å². The molecule has 2 rings (SSSR count). The molecule has 2 heterocycles. The zero-order valence-electron chi connectivity index (χ0n) is 11.6. The van der Waals surface area contributed by atoms with Crippen LogP contribution in [0, 0.1) is 0 Å². The molecule has 1 saturated heterocycles. The molecule has 0 bridgehead atoms. The van der Waals surface area contributed by atoms with Gasteiger partial charge < -0.3 is 5.32 Å². The molecule has 2 atom stereocenters. The number of aromatic nitrogens is 1. The molecule has 0 radical (unpaired) electrons. The molecule has 1 aromatic rings. The van der Waals surface area contributed by atoms with Gasteiger partial charge in [-0.05, 0) is 38.3 Å². The molecule has 1 aromatic heterocycles. The van der Waals surface area contributed by atoms with Crippen LogP contribution in [0.2, 0.25) is 0 Å². The van der Waals surface area contributed by atoms with Crippen LogP contribution in [0.25, 0.3) is 0 Å². The SMILES string of the molecule is CCC1CCC(C)N1S(=O)(=O)c1cccnc1NC. The second-order valence-corrected chi connectivity index (χ2v) is 6.74. The predicted octanol–water partition coefficient (Wildman–Crippen LogP) is 2.07. The Labute approximate surface area is 115 Å². The number of pyridine rings is 1. The lowest BCUT2D eigenvalue weighted by molar-refractivity contribution is 0.329. The van der Waals surface area contributed by atoms with Crippen molar-refractivity contribution in [3.05, 3.63) is 18.3 Å². The number of hydrogen-bond acceptors (Lipinski definition) is 4. The van der Waals surface area contributed by atoms with Crippen LogP contribution in [0.5, 0.6) is 0 Å². The van der Waals surface area contributed by atoms with E-state index in [2.05, 4.69) is 10.3 Å². The molecule has 1 N–H and O–H groups in total. The second-order valence-electron chi connectivity index (χ2n) is 4.92. The number of anilines is 1. The predicted molar refractivity (Wildman–Crippen MR) is 75.6 cm³/mol. The molecule has 0 aromatic carbocycles. The monoisotopic (exact) mass is 283 g/mol. The van der Waals surface area contributed by atoms with E-state index >= 15 is 0 Å². The molecule has 6 heteroatoms. The van der Waals surface area contributed by atoms with Crippen LogP contribution in [0.4, 0.5) is 5.82 Å². The van der Waals surface area contributed by atoms with Crippen LogP contribution < -0.4 is 5.32 Å². The third kappa shape index (κ3) is 2.47. The van der Waals surface area contributed by atoms with E-state index in [9.17, 15) is 8.42 Å². The van der Waals surface area contributed by atoms with Crippen molar-refractivity contribution in [3.8, 4) is 0 Å². The molecule has 0 aliphatic carbocycles. The first kappa shape index (κ1) is 14.3. The summed E-state index contributed by atoms with van der Waals surface area (Å²) in [7, 11) is -1.80. The van der Waals surface area contributed by atoms with Crippen LogP contribution in [0.15, 0.2) is 23.2 Å². The Morgan fingerprint density at radius 2 is 2.21 bits per heavy atom. The first-order chi connectivity index (χ1) is 9.02. The van der Waals surface area contributed by atoms with Crippen LogP contribution in [0.3, 0.4) is 0 Å². The van der Waals surface area contributed by atoms with Crippen molar-refractivity contribution >= 4 is 15.8 Å². The fourth-order valence-corrected chi connectivity index (χ4v) is 4.87. The minimum atomic E-state index is -3.48. The highest BCUT2D eigenvalue weighted by Crippen LogP contribution is 2.34. The Morgan fingerprint density at radius 1 is 1.47 bits per heavy atom. The molecule has 1 aliphatic rings. The standard InChI is InChI=1S/C13H21N3O2S/c1-4-11-8-7-10(2)16(11)19(17,18)12-6-5-9-15-13(12)14-3/h5-6,9-11H,4,7-8H2,1-3H3,(H,14,15). The first-order valence-corrected chi connectivity index (χ1v) is 8.12. The van der Waals surface area contributed by atoms with E-state index in [0.29, 0.717) is 5.82 Å². The quantitative estimate of drug-likeness (QED) is 0.919.